The standard InChI is InChI=1S/C31H29F3N6O4/c1-17-9-10-19-20(6-2-8-24(19)38-27(41)22-15-23(22)31(32,33)34)26(17)44-28-21(7-3-12-35-28)25-11-13-36-29(39-25)37-18-5-4-14-40(16-18)30(42)43/h2-3,6-13,18,22-23H,4-5,14-16H2,1H3,(H,38,41)(H,42,43)(H,36,37,39)/t18-,22?,23?/m0/s1. The first-order valence-electron chi connectivity index (χ1n) is 14.2. The topological polar surface area (TPSA) is 130 Å². The van der Waals surface area contributed by atoms with E-state index in [4.69, 9.17) is 4.74 Å². The predicted octanol–water partition coefficient (Wildman–Crippen LogP) is 6.48. The van der Waals surface area contributed by atoms with Crippen LogP contribution in [0, 0.1) is 18.8 Å². The Kier molecular flexibility index (Phi) is 7.70. The zero-order chi connectivity index (χ0) is 31.0. The van der Waals surface area contributed by atoms with Gasteiger partial charge in [-0.25, -0.2) is 19.7 Å². The molecule has 3 N–H and O–H groups in total. The van der Waals surface area contributed by atoms with E-state index in [0.717, 1.165) is 18.4 Å². The van der Waals surface area contributed by atoms with Crippen LogP contribution in [0.2, 0.25) is 0 Å². The van der Waals surface area contributed by atoms with Crippen molar-refractivity contribution in [2.45, 2.75) is 38.4 Å². The summed E-state index contributed by atoms with van der Waals surface area (Å²) >= 11 is 0. The van der Waals surface area contributed by atoms with Gasteiger partial charge in [0, 0.05) is 48.0 Å². The van der Waals surface area contributed by atoms with Gasteiger partial charge in [-0.15, -0.1) is 0 Å². The Balaban J connectivity index is 1.26. The molecule has 3 atom stereocenters. The molecule has 6 rings (SSSR count). The Morgan fingerprint density at radius 1 is 1.05 bits per heavy atom. The van der Waals surface area contributed by atoms with Crippen molar-refractivity contribution in [2.24, 2.45) is 11.8 Å². The molecule has 2 aliphatic rings. The number of amides is 2. The van der Waals surface area contributed by atoms with Crippen molar-refractivity contribution in [1.29, 1.82) is 0 Å². The molecule has 44 heavy (non-hydrogen) atoms. The van der Waals surface area contributed by atoms with Crippen LogP contribution in [-0.4, -0.2) is 62.3 Å². The van der Waals surface area contributed by atoms with Crippen molar-refractivity contribution in [1.82, 2.24) is 19.9 Å². The van der Waals surface area contributed by atoms with Crippen LogP contribution in [0.15, 0.2) is 60.9 Å². The van der Waals surface area contributed by atoms with Gasteiger partial charge >= 0.3 is 12.3 Å². The summed E-state index contributed by atoms with van der Waals surface area (Å²) in [5.74, 6) is -2.28. The second-order valence-electron chi connectivity index (χ2n) is 11.0. The third-order valence-corrected chi connectivity index (χ3v) is 7.94. The van der Waals surface area contributed by atoms with Gasteiger partial charge in [-0.3, -0.25) is 4.79 Å². The fourth-order valence-electron chi connectivity index (χ4n) is 5.55. The van der Waals surface area contributed by atoms with Crippen LogP contribution in [0.5, 0.6) is 11.6 Å². The Morgan fingerprint density at radius 3 is 2.66 bits per heavy atom. The van der Waals surface area contributed by atoms with Gasteiger partial charge in [-0.1, -0.05) is 24.3 Å². The summed E-state index contributed by atoms with van der Waals surface area (Å²) in [6.45, 7) is 2.68. The Hall–Kier alpha value is -4.94. The monoisotopic (exact) mass is 606 g/mol. The molecule has 228 valence electrons. The lowest BCUT2D eigenvalue weighted by molar-refractivity contribution is -0.153. The van der Waals surface area contributed by atoms with Crippen molar-refractivity contribution in [3.8, 4) is 22.9 Å². The van der Waals surface area contributed by atoms with Gasteiger partial charge in [0.1, 0.15) is 5.75 Å². The van der Waals surface area contributed by atoms with Crippen molar-refractivity contribution in [2.75, 3.05) is 23.7 Å². The number of rotatable bonds is 7. The molecular formula is C31H29F3N6O4. The molecule has 2 fully saturated rings. The second-order valence-corrected chi connectivity index (χ2v) is 11.0. The Bertz CT molecular complexity index is 1730. The van der Waals surface area contributed by atoms with Gasteiger partial charge < -0.3 is 25.4 Å². The molecule has 2 unspecified atom stereocenters. The van der Waals surface area contributed by atoms with Crippen LogP contribution in [0.25, 0.3) is 22.0 Å². The number of aryl methyl sites for hydroxylation is 1. The first kappa shape index (κ1) is 29.1. The van der Waals surface area contributed by atoms with E-state index in [1.807, 2.05) is 19.1 Å². The summed E-state index contributed by atoms with van der Waals surface area (Å²) < 4.78 is 45.5. The lowest BCUT2D eigenvalue weighted by atomic mass is 10.0. The average Bonchev–Trinajstić information content (AvgIpc) is 3.82. The number of hydrogen-bond acceptors (Lipinski definition) is 7. The number of carboxylic acid groups (broad SMARTS) is 1. The van der Waals surface area contributed by atoms with Gasteiger partial charge in [0.15, 0.2) is 0 Å². The second kappa shape index (κ2) is 11.6. The number of nitrogens with one attached hydrogen (secondary N) is 2. The lowest BCUT2D eigenvalue weighted by Gasteiger charge is -2.31. The van der Waals surface area contributed by atoms with E-state index in [9.17, 15) is 27.9 Å². The van der Waals surface area contributed by atoms with E-state index < -0.39 is 30.0 Å². The maximum Gasteiger partial charge on any atom is 0.407 e. The number of alkyl halides is 3. The zero-order valence-electron chi connectivity index (χ0n) is 23.6. The molecule has 0 bridgehead atoms. The normalized spacial score (nSPS) is 19.8. The number of piperidine rings is 1. The van der Waals surface area contributed by atoms with E-state index in [1.165, 1.54) is 4.90 Å². The summed E-state index contributed by atoms with van der Waals surface area (Å²) in [6, 6.07) is 13.9. The number of pyridine rings is 1. The van der Waals surface area contributed by atoms with E-state index in [0.29, 0.717) is 52.5 Å². The zero-order valence-corrected chi connectivity index (χ0v) is 23.6. The van der Waals surface area contributed by atoms with Crippen LogP contribution in [0.4, 0.5) is 29.6 Å². The van der Waals surface area contributed by atoms with Crippen LogP contribution < -0.4 is 15.4 Å². The molecule has 3 heterocycles. The van der Waals surface area contributed by atoms with E-state index in [-0.39, 0.29) is 18.3 Å². The van der Waals surface area contributed by atoms with E-state index in [1.54, 1.807) is 48.8 Å². The summed E-state index contributed by atoms with van der Waals surface area (Å²) in [4.78, 5) is 38.8. The summed E-state index contributed by atoms with van der Waals surface area (Å²) in [6.07, 6.45) is -0.866. The number of benzene rings is 2. The number of likely N-dealkylation sites (tertiary alicyclic amines) is 1. The number of carbonyl (C=O) groups excluding carboxylic acids is 1. The van der Waals surface area contributed by atoms with Gasteiger partial charge in [0.25, 0.3) is 0 Å². The van der Waals surface area contributed by atoms with Gasteiger partial charge in [-0.2, -0.15) is 13.2 Å². The highest BCUT2D eigenvalue weighted by molar-refractivity contribution is 6.05. The molecule has 4 aromatic rings. The van der Waals surface area contributed by atoms with Crippen molar-refractivity contribution >= 4 is 34.4 Å². The Morgan fingerprint density at radius 2 is 1.89 bits per heavy atom. The number of carbonyl (C=O) groups is 2. The van der Waals surface area contributed by atoms with Gasteiger partial charge in [-0.05, 0) is 56.0 Å². The molecule has 1 aliphatic carbocycles. The number of hydrogen-bond donors (Lipinski definition) is 3. The number of aromatic nitrogens is 3. The average molecular weight is 607 g/mol. The smallest absolute Gasteiger partial charge is 0.407 e. The molecule has 2 aromatic carbocycles. The fraction of sp³-hybridized carbons (Fsp3) is 0.323. The van der Waals surface area contributed by atoms with Crippen LogP contribution in [0.3, 0.4) is 0 Å². The third kappa shape index (κ3) is 6.08. The van der Waals surface area contributed by atoms with Crippen molar-refractivity contribution < 1.29 is 32.6 Å². The van der Waals surface area contributed by atoms with Crippen LogP contribution in [-0.2, 0) is 4.79 Å². The highest BCUT2D eigenvalue weighted by Crippen LogP contribution is 2.50. The number of fused-ring (bicyclic) bond motifs is 1. The highest BCUT2D eigenvalue weighted by atomic mass is 19.4. The molecule has 10 nitrogen and oxygen atoms in total. The summed E-state index contributed by atoms with van der Waals surface area (Å²) in [5, 5.41) is 16.5. The van der Waals surface area contributed by atoms with Crippen molar-refractivity contribution in [3.05, 3.63) is 66.5 Å². The number of halogens is 3. The van der Waals surface area contributed by atoms with Gasteiger partial charge in [0.2, 0.25) is 17.7 Å². The molecule has 2 aromatic heterocycles. The largest absolute Gasteiger partial charge is 0.465 e. The predicted molar refractivity (Wildman–Crippen MR) is 157 cm³/mol. The minimum absolute atomic E-state index is 0.132. The molecule has 0 radical (unpaired) electrons. The molecule has 1 aliphatic heterocycles. The molecule has 1 saturated heterocycles. The fourth-order valence-corrected chi connectivity index (χ4v) is 5.55. The molecule has 0 spiro atoms. The first-order valence-corrected chi connectivity index (χ1v) is 14.2. The quantitative estimate of drug-likeness (QED) is 0.218. The molecule has 13 heteroatoms. The maximum absolute atomic E-state index is 13.0. The number of ether oxygens (including phenoxy) is 1. The minimum atomic E-state index is -4.39. The van der Waals surface area contributed by atoms with E-state index >= 15 is 0 Å². The summed E-state index contributed by atoms with van der Waals surface area (Å²) in [5.41, 5.74) is 2.29. The van der Waals surface area contributed by atoms with E-state index in [2.05, 4.69) is 25.6 Å². The first-order chi connectivity index (χ1) is 21.1. The summed E-state index contributed by atoms with van der Waals surface area (Å²) in [7, 11) is 0. The SMILES string of the molecule is Cc1ccc2c(NC(=O)C3CC3C(F)(F)F)cccc2c1Oc1ncccc1-c1ccnc(N[C@H]2CCCN(C(=O)O)C2)n1. The molecule has 1 saturated carbocycles. The number of nitrogens with zero attached hydrogens (tertiary/aromatic N) is 4. The lowest BCUT2D eigenvalue weighted by Crippen LogP contribution is -2.44. The van der Waals surface area contributed by atoms with Crippen LogP contribution in [0.1, 0.15) is 24.8 Å². The van der Waals surface area contributed by atoms with Crippen molar-refractivity contribution in [3.63, 3.8) is 0 Å². The number of anilines is 2. The third-order valence-electron chi connectivity index (χ3n) is 7.94. The van der Waals surface area contributed by atoms with Crippen LogP contribution >= 0.6 is 0 Å². The maximum atomic E-state index is 13.0. The molecular weight excluding hydrogens is 577 g/mol. The highest BCUT2D eigenvalue weighted by Gasteiger charge is 2.58. The Labute approximate surface area is 250 Å². The van der Waals surface area contributed by atoms with Gasteiger partial charge in [0.05, 0.1) is 23.1 Å². The minimum Gasteiger partial charge on any atom is -0.465 e. The molecule has 2 amide bonds.